The molecule has 3 aromatic carbocycles. The van der Waals surface area contributed by atoms with Gasteiger partial charge < -0.3 is 15.0 Å². The van der Waals surface area contributed by atoms with Crippen molar-refractivity contribution in [3.63, 3.8) is 0 Å². The molecule has 0 radical (unpaired) electrons. The summed E-state index contributed by atoms with van der Waals surface area (Å²) in [5.41, 5.74) is 2.15. The maximum Gasteiger partial charge on any atom is 0.264 e. The Hall–Kier alpha value is -3.85. The van der Waals surface area contributed by atoms with E-state index < -0.39 is 28.5 Å². The summed E-state index contributed by atoms with van der Waals surface area (Å²) in [7, 11) is -4.17. The Kier molecular flexibility index (Phi) is 10.7. The molecule has 8 nitrogen and oxygen atoms in total. The maximum atomic E-state index is 14.1. The number of nitrogens with zero attached hydrogens (tertiary/aromatic N) is 2. The molecule has 40 heavy (non-hydrogen) atoms. The molecular formula is C31H39N3O5S. The normalized spacial score (nSPS) is 12.1. The minimum absolute atomic E-state index is 0.0452. The number of rotatable bonds is 13. The molecule has 0 saturated carbocycles. The largest absolute Gasteiger partial charge is 0.492 e. The highest BCUT2D eigenvalue weighted by atomic mass is 32.2. The van der Waals surface area contributed by atoms with Crippen molar-refractivity contribution in [2.75, 3.05) is 17.5 Å². The summed E-state index contributed by atoms with van der Waals surface area (Å²) in [4.78, 5) is 28.9. The van der Waals surface area contributed by atoms with Gasteiger partial charge in [0.1, 0.15) is 18.3 Å². The van der Waals surface area contributed by atoms with E-state index in [1.165, 1.54) is 17.0 Å². The zero-order valence-electron chi connectivity index (χ0n) is 23.8. The lowest BCUT2D eigenvalue weighted by molar-refractivity contribution is -0.140. The Morgan fingerprint density at radius 2 is 1.52 bits per heavy atom. The first-order valence-corrected chi connectivity index (χ1v) is 15.0. The highest BCUT2D eigenvalue weighted by Gasteiger charge is 2.34. The number of para-hydroxylation sites is 2. The molecule has 9 heteroatoms. The number of carbonyl (C=O) groups excluding carboxylic acids is 2. The summed E-state index contributed by atoms with van der Waals surface area (Å²) in [6, 6.07) is 21.5. The van der Waals surface area contributed by atoms with Gasteiger partial charge in [-0.15, -0.1) is 0 Å². The van der Waals surface area contributed by atoms with Crippen molar-refractivity contribution in [1.82, 2.24) is 10.2 Å². The van der Waals surface area contributed by atoms with Crippen molar-refractivity contribution in [2.45, 2.75) is 64.6 Å². The second-order valence-electron chi connectivity index (χ2n) is 9.82. The van der Waals surface area contributed by atoms with Gasteiger partial charge in [-0.05, 0) is 63.9 Å². The Morgan fingerprint density at radius 3 is 2.12 bits per heavy atom. The molecule has 3 rings (SSSR count). The fraction of sp³-hybridized carbons (Fsp3) is 0.355. The quantitative estimate of drug-likeness (QED) is 0.317. The molecule has 1 atom stereocenters. The number of benzene rings is 3. The fourth-order valence-corrected chi connectivity index (χ4v) is 5.81. The van der Waals surface area contributed by atoms with Crippen LogP contribution in [0.15, 0.2) is 83.8 Å². The molecule has 0 unspecified atom stereocenters. The van der Waals surface area contributed by atoms with E-state index in [0.717, 1.165) is 15.4 Å². The highest BCUT2D eigenvalue weighted by molar-refractivity contribution is 7.92. The zero-order valence-corrected chi connectivity index (χ0v) is 24.6. The van der Waals surface area contributed by atoms with Crippen LogP contribution < -0.4 is 14.4 Å². The van der Waals surface area contributed by atoms with E-state index in [2.05, 4.69) is 5.32 Å². The molecule has 3 aromatic rings. The van der Waals surface area contributed by atoms with Gasteiger partial charge in [0, 0.05) is 12.6 Å². The zero-order chi connectivity index (χ0) is 29.3. The van der Waals surface area contributed by atoms with Gasteiger partial charge in [-0.2, -0.15) is 0 Å². The molecule has 0 bridgehead atoms. The van der Waals surface area contributed by atoms with E-state index in [1.807, 2.05) is 52.0 Å². The lowest BCUT2D eigenvalue weighted by atomic mass is 10.1. The van der Waals surface area contributed by atoms with Crippen molar-refractivity contribution in [2.24, 2.45) is 0 Å². The number of aryl methyl sites for hydroxylation is 1. The van der Waals surface area contributed by atoms with Gasteiger partial charge in [0.25, 0.3) is 10.0 Å². The van der Waals surface area contributed by atoms with E-state index in [4.69, 9.17) is 4.74 Å². The Balaban J connectivity index is 2.09. The van der Waals surface area contributed by atoms with Crippen molar-refractivity contribution in [1.29, 1.82) is 0 Å². The Morgan fingerprint density at radius 1 is 0.900 bits per heavy atom. The molecular weight excluding hydrogens is 526 g/mol. The van der Waals surface area contributed by atoms with Gasteiger partial charge in [-0.1, -0.05) is 67.1 Å². The van der Waals surface area contributed by atoms with E-state index in [-0.39, 0.29) is 29.1 Å². The minimum atomic E-state index is -4.17. The Labute approximate surface area is 238 Å². The van der Waals surface area contributed by atoms with Gasteiger partial charge in [0.2, 0.25) is 11.8 Å². The first-order valence-electron chi connectivity index (χ1n) is 13.5. The molecule has 0 aliphatic carbocycles. The van der Waals surface area contributed by atoms with Crippen LogP contribution in [0.1, 0.15) is 45.2 Å². The number of carbonyl (C=O) groups is 2. The van der Waals surface area contributed by atoms with Crippen LogP contribution in [0, 0.1) is 6.92 Å². The average molecular weight is 566 g/mol. The minimum Gasteiger partial charge on any atom is -0.492 e. The van der Waals surface area contributed by atoms with Gasteiger partial charge in [0.05, 0.1) is 17.2 Å². The molecule has 214 valence electrons. The second kappa shape index (κ2) is 14.0. The Bertz CT molecular complexity index is 1380. The van der Waals surface area contributed by atoms with Crippen LogP contribution in [-0.4, -0.2) is 50.4 Å². The van der Waals surface area contributed by atoms with Gasteiger partial charge >= 0.3 is 0 Å². The molecule has 0 aliphatic heterocycles. The summed E-state index contributed by atoms with van der Waals surface area (Å²) >= 11 is 0. The van der Waals surface area contributed by atoms with Crippen LogP contribution in [0.3, 0.4) is 0 Å². The van der Waals surface area contributed by atoms with Crippen molar-refractivity contribution >= 4 is 27.5 Å². The van der Waals surface area contributed by atoms with E-state index in [9.17, 15) is 18.0 Å². The smallest absolute Gasteiger partial charge is 0.264 e. The molecule has 0 aromatic heterocycles. The van der Waals surface area contributed by atoms with Gasteiger partial charge in [-0.25, -0.2) is 8.42 Å². The van der Waals surface area contributed by atoms with Crippen LogP contribution >= 0.6 is 0 Å². The summed E-state index contributed by atoms with van der Waals surface area (Å²) in [6.07, 6.45) is 0.358. The monoisotopic (exact) mass is 565 g/mol. The van der Waals surface area contributed by atoms with Crippen molar-refractivity contribution in [3.8, 4) is 5.75 Å². The number of sulfonamides is 1. The van der Waals surface area contributed by atoms with Gasteiger partial charge in [-0.3, -0.25) is 13.9 Å². The molecule has 0 saturated heterocycles. The molecule has 0 spiro atoms. The van der Waals surface area contributed by atoms with Crippen molar-refractivity contribution < 1.29 is 22.7 Å². The number of ether oxygens (including phenoxy) is 1. The summed E-state index contributed by atoms with van der Waals surface area (Å²) < 4.78 is 34.8. The van der Waals surface area contributed by atoms with Crippen molar-refractivity contribution in [3.05, 3.63) is 90.0 Å². The predicted octanol–water partition coefficient (Wildman–Crippen LogP) is 4.92. The fourth-order valence-electron chi connectivity index (χ4n) is 4.36. The average Bonchev–Trinajstić information content (AvgIpc) is 2.93. The molecule has 0 heterocycles. The third-order valence-corrected chi connectivity index (χ3v) is 8.11. The first-order chi connectivity index (χ1) is 19.1. The van der Waals surface area contributed by atoms with E-state index >= 15 is 0 Å². The van der Waals surface area contributed by atoms with Crippen LogP contribution in [0.25, 0.3) is 0 Å². The topological polar surface area (TPSA) is 96.0 Å². The van der Waals surface area contributed by atoms with Crippen LogP contribution in [-0.2, 0) is 26.2 Å². The SMILES string of the molecule is CCOc1ccccc1N(CC(=O)N(Cc1ccc(C)cc1)[C@H](CC)C(=O)NC(C)C)S(=O)(=O)c1ccccc1. The third kappa shape index (κ3) is 7.63. The number of anilines is 1. The lowest BCUT2D eigenvalue weighted by Crippen LogP contribution is -2.53. The number of amides is 2. The summed E-state index contributed by atoms with van der Waals surface area (Å²) in [6.45, 7) is 9.28. The van der Waals surface area contributed by atoms with E-state index in [1.54, 1.807) is 49.4 Å². The lowest BCUT2D eigenvalue weighted by Gasteiger charge is -2.34. The maximum absolute atomic E-state index is 14.1. The predicted molar refractivity (Wildman–Crippen MR) is 158 cm³/mol. The van der Waals surface area contributed by atoms with Gasteiger partial charge in [0.15, 0.2) is 0 Å². The number of hydrogen-bond donors (Lipinski definition) is 1. The number of hydrogen-bond acceptors (Lipinski definition) is 5. The van der Waals surface area contributed by atoms with Crippen LogP contribution in [0.5, 0.6) is 5.75 Å². The molecule has 1 N–H and O–H groups in total. The summed E-state index contributed by atoms with van der Waals surface area (Å²) in [5.74, 6) is -0.450. The van der Waals surface area contributed by atoms with Crippen LogP contribution in [0.4, 0.5) is 5.69 Å². The first kappa shape index (κ1) is 30.7. The molecule has 0 fully saturated rings. The third-order valence-electron chi connectivity index (χ3n) is 6.33. The van der Waals surface area contributed by atoms with E-state index in [0.29, 0.717) is 18.8 Å². The molecule has 0 aliphatic rings. The molecule has 2 amide bonds. The summed E-state index contributed by atoms with van der Waals surface area (Å²) in [5, 5.41) is 2.91. The van der Waals surface area contributed by atoms with Crippen LogP contribution in [0.2, 0.25) is 0 Å². The standard InChI is InChI=1S/C31H39N3O5S/c1-6-27(31(36)32-23(3)4)33(21-25-19-17-24(5)18-20-25)30(35)22-34(28-15-11-12-16-29(28)39-7-2)40(37,38)26-13-9-8-10-14-26/h8-20,23,27H,6-7,21-22H2,1-5H3,(H,32,36)/t27-/m1/s1. The number of nitrogens with one attached hydrogen (secondary N) is 1. The highest BCUT2D eigenvalue weighted by Crippen LogP contribution is 2.33. The second-order valence-corrected chi connectivity index (χ2v) is 11.7.